The van der Waals surface area contributed by atoms with Crippen LogP contribution in [0.1, 0.15) is 16.2 Å². The van der Waals surface area contributed by atoms with Crippen LogP contribution in [0.15, 0.2) is 34.9 Å². The number of pyridine rings is 1. The first kappa shape index (κ1) is 11.5. The predicted octanol–water partition coefficient (Wildman–Crippen LogP) is 2.61. The first-order chi connectivity index (χ1) is 8.16. The Balaban J connectivity index is 2.11. The van der Waals surface area contributed by atoms with Gasteiger partial charge in [-0.2, -0.15) is 0 Å². The normalized spacial score (nSPS) is 10.2. The molecule has 5 nitrogen and oxygen atoms in total. The van der Waals surface area contributed by atoms with Crippen molar-refractivity contribution in [2.45, 2.75) is 6.61 Å². The van der Waals surface area contributed by atoms with E-state index in [4.69, 9.17) is 25.9 Å². The number of halogens is 1. The van der Waals surface area contributed by atoms with E-state index in [-0.39, 0.29) is 23.2 Å². The van der Waals surface area contributed by atoms with E-state index in [0.717, 1.165) is 0 Å². The minimum atomic E-state index is -1.20. The largest absolute Gasteiger partial charge is 0.476 e. The maximum Gasteiger partial charge on any atom is 0.356 e. The highest BCUT2D eigenvalue weighted by Crippen LogP contribution is 2.18. The van der Waals surface area contributed by atoms with E-state index in [1.807, 2.05) is 0 Å². The molecule has 2 aromatic heterocycles. The van der Waals surface area contributed by atoms with E-state index < -0.39 is 5.97 Å². The zero-order valence-electron chi connectivity index (χ0n) is 8.59. The Labute approximate surface area is 102 Å². The number of carboxylic acids is 1. The Morgan fingerprint density at radius 3 is 2.94 bits per heavy atom. The summed E-state index contributed by atoms with van der Waals surface area (Å²) in [5, 5.41) is 8.89. The Kier molecular flexibility index (Phi) is 3.30. The van der Waals surface area contributed by atoms with Crippen LogP contribution in [0.5, 0.6) is 5.88 Å². The van der Waals surface area contributed by atoms with Gasteiger partial charge in [-0.05, 0) is 18.2 Å². The van der Waals surface area contributed by atoms with Crippen molar-refractivity contribution >= 4 is 17.6 Å². The molecule has 2 rings (SSSR count). The molecule has 0 aliphatic carbocycles. The molecule has 2 aromatic rings. The molecular weight excluding hydrogens is 246 g/mol. The van der Waals surface area contributed by atoms with Crippen molar-refractivity contribution in [3.63, 3.8) is 0 Å². The molecule has 0 saturated heterocycles. The summed E-state index contributed by atoms with van der Waals surface area (Å²) in [6.07, 6.45) is 1.52. The zero-order chi connectivity index (χ0) is 12.3. The maximum absolute atomic E-state index is 10.8. The van der Waals surface area contributed by atoms with Crippen LogP contribution in [0.25, 0.3) is 0 Å². The van der Waals surface area contributed by atoms with Gasteiger partial charge in [0.05, 0.1) is 11.3 Å². The van der Waals surface area contributed by atoms with Crippen LogP contribution in [-0.2, 0) is 6.61 Å². The first-order valence-electron chi connectivity index (χ1n) is 4.72. The summed E-state index contributed by atoms with van der Waals surface area (Å²) in [7, 11) is 0. The zero-order valence-corrected chi connectivity index (χ0v) is 9.35. The third-order valence-electron chi connectivity index (χ3n) is 1.97. The second kappa shape index (κ2) is 4.88. The van der Waals surface area contributed by atoms with Gasteiger partial charge in [0.25, 0.3) is 0 Å². The van der Waals surface area contributed by atoms with Gasteiger partial charge in [0.15, 0.2) is 5.69 Å². The number of furan rings is 1. The lowest BCUT2D eigenvalue weighted by molar-refractivity contribution is 0.0689. The van der Waals surface area contributed by atoms with Gasteiger partial charge in [0, 0.05) is 6.07 Å². The average molecular weight is 254 g/mol. The topological polar surface area (TPSA) is 72.6 Å². The summed E-state index contributed by atoms with van der Waals surface area (Å²) in [5.41, 5.74) is -0.233. The number of carboxylic acid groups (broad SMARTS) is 1. The fourth-order valence-corrected chi connectivity index (χ4v) is 1.38. The van der Waals surface area contributed by atoms with E-state index in [1.54, 1.807) is 12.1 Å². The van der Waals surface area contributed by atoms with Crippen LogP contribution in [0, 0.1) is 0 Å². The SMILES string of the molecule is O=C(O)c1nc(OCc2ccco2)ccc1Cl. The lowest BCUT2D eigenvalue weighted by Crippen LogP contribution is -2.04. The van der Waals surface area contributed by atoms with E-state index in [9.17, 15) is 4.79 Å². The van der Waals surface area contributed by atoms with Gasteiger partial charge in [-0.15, -0.1) is 0 Å². The van der Waals surface area contributed by atoms with Crippen molar-refractivity contribution in [3.8, 4) is 5.88 Å². The molecule has 0 spiro atoms. The molecule has 0 bridgehead atoms. The lowest BCUT2D eigenvalue weighted by Gasteiger charge is -2.04. The number of carbonyl (C=O) groups is 1. The Morgan fingerprint density at radius 2 is 2.29 bits per heavy atom. The quantitative estimate of drug-likeness (QED) is 0.907. The summed E-state index contributed by atoms with van der Waals surface area (Å²) < 4.78 is 10.3. The van der Waals surface area contributed by atoms with Crippen LogP contribution in [0.3, 0.4) is 0 Å². The van der Waals surface area contributed by atoms with Crippen molar-refractivity contribution in [2.24, 2.45) is 0 Å². The van der Waals surface area contributed by atoms with Crippen molar-refractivity contribution in [1.29, 1.82) is 0 Å². The van der Waals surface area contributed by atoms with E-state index >= 15 is 0 Å². The van der Waals surface area contributed by atoms with Crippen LogP contribution >= 0.6 is 11.6 Å². The van der Waals surface area contributed by atoms with Gasteiger partial charge in [0.2, 0.25) is 5.88 Å². The lowest BCUT2D eigenvalue weighted by atomic mass is 10.3. The van der Waals surface area contributed by atoms with Crippen LogP contribution in [-0.4, -0.2) is 16.1 Å². The van der Waals surface area contributed by atoms with Crippen molar-refractivity contribution in [3.05, 3.63) is 47.0 Å². The van der Waals surface area contributed by atoms with E-state index in [1.165, 1.54) is 18.4 Å². The summed E-state index contributed by atoms with van der Waals surface area (Å²) in [5.74, 6) is -0.389. The average Bonchev–Trinajstić information content (AvgIpc) is 2.80. The Bertz CT molecular complexity index is 524. The van der Waals surface area contributed by atoms with Crippen LogP contribution in [0.2, 0.25) is 5.02 Å². The second-order valence-electron chi connectivity index (χ2n) is 3.15. The third-order valence-corrected chi connectivity index (χ3v) is 2.27. The number of rotatable bonds is 4. The molecule has 6 heteroatoms. The van der Waals surface area contributed by atoms with Crippen molar-refractivity contribution in [1.82, 2.24) is 4.98 Å². The molecule has 0 atom stereocenters. The number of hydrogen-bond acceptors (Lipinski definition) is 4. The number of ether oxygens (including phenoxy) is 1. The summed E-state index contributed by atoms with van der Waals surface area (Å²) >= 11 is 5.67. The summed E-state index contributed by atoms with van der Waals surface area (Å²) in [6, 6.07) is 6.40. The molecule has 2 heterocycles. The number of aromatic nitrogens is 1. The molecule has 0 aliphatic rings. The molecule has 0 aliphatic heterocycles. The third kappa shape index (κ3) is 2.76. The highest BCUT2D eigenvalue weighted by Gasteiger charge is 2.12. The number of aromatic carboxylic acids is 1. The maximum atomic E-state index is 10.8. The molecule has 88 valence electrons. The van der Waals surface area contributed by atoms with Crippen molar-refractivity contribution in [2.75, 3.05) is 0 Å². The summed E-state index contributed by atoms with van der Waals surface area (Å²) in [4.78, 5) is 14.6. The Morgan fingerprint density at radius 1 is 1.47 bits per heavy atom. The minimum absolute atomic E-state index is 0.0721. The molecule has 0 unspecified atom stereocenters. The first-order valence-corrected chi connectivity index (χ1v) is 5.09. The molecule has 0 saturated carbocycles. The van der Waals surface area contributed by atoms with Gasteiger partial charge in [-0.1, -0.05) is 11.6 Å². The van der Waals surface area contributed by atoms with Gasteiger partial charge in [-0.25, -0.2) is 9.78 Å². The minimum Gasteiger partial charge on any atom is -0.476 e. The van der Waals surface area contributed by atoms with Crippen LogP contribution in [0.4, 0.5) is 0 Å². The fraction of sp³-hybridized carbons (Fsp3) is 0.0909. The molecule has 0 amide bonds. The van der Waals surface area contributed by atoms with Gasteiger partial charge in [0.1, 0.15) is 12.4 Å². The second-order valence-corrected chi connectivity index (χ2v) is 3.56. The molecule has 17 heavy (non-hydrogen) atoms. The molecule has 0 aromatic carbocycles. The monoisotopic (exact) mass is 253 g/mol. The smallest absolute Gasteiger partial charge is 0.356 e. The predicted molar refractivity (Wildman–Crippen MR) is 59.2 cm³/mol. The van der Waals surface area contributed by atoms with Gasteiger partial charge >= 0.3 is 5.97 Å². The van der Waals surface area contributed by atoms with Crippen molar-refractivity contribution < 1.29 is 19.1 Å². The van der Waals surface area contributed by atoms with Gasteiger partial charge in [-0.3, -0.25) is 0 Å². The Hall–Kier alpha value is -2.01. The molecular formula is C11H8ClNO4. The molecule has 0 radical (unpaired) electrons. The highest BCUT2D eigenvalue weighted by atomic mass is 35.5. The molecule has 1 N–H and O–H groups in total. The fourth-order valence-electron chi connectivity index (χ4n) is 1.19. The van der Waals surface area contributed by atoms with Crippen LogP contribution < -0.4 is 4.74 Å². The number of hydrogen-bond donors (Lipinski definition) is 1. The highest BCUT2D eigenvalue weighted by molar-refractivity contribution is 6.33. The molecule has 0 fully saturated rings. The summed E-state index contributed by atoms with van der Waals surface area (Å²) in [6.45, 7) is 0.181. The van der Waals surface area contributed by atoms with E-state index in [2.05, 4.69) is 4.98 Å². The van der Waals surface area contributed by atoms with Gasteiger partial charge < -0.3 is 14.3 Å². The number of nitrogens with zero attached hydrogens (tertiary/aromatic N) is 1. The standard InChI is InChI=1S/C11H8ClNO4/c12-8-3-4-9(13-10(8)11(14)15)17-6-7-2-1-5-16-7/h1-5H,6H2,(H,14,15). The van der Waals surface area contributed by atoms with E-state index in [0.29, 0.717) is 5.76 Å².